The molecule has 0 aliphatic carbocycles. The van der Waals surface area contributed by atoms with Crippen LogP contribution in [0.2, 0.25) is 0 Å². The summed E-state index contributed by atoms with van der Waals surface area (Å²) in [5, 5.41) is 3.50. The van der Waals surface area contributed by atoms with Crippen LogP contribution in [0.25, 0.3) is 0 Å². The van der Waals surface area contributed by atoms with E-state index in [9.17, 15) is 0 Å². The van der Waals surface area contributed by atoms with Crippen LogP contribution in [0.1, 0.15) is 25.3 Å². The van der Waals surface area contributed by atoms with Crippen LogP contribution in [0.3, 0.4) is 0 Å². The van der Waals surface area contributed by atoms with E-state index in [4.69, 9.17) is 0 Å². The highest BCUT2D eigenvalue weighted by atomic mass is 15.1. The quantitative estimate of drug-likeness (QED) is 0.856. The predicted octanol–water partition coefficient (Wildman–Crippen LogP) is 4.62. The summed E-state index contributed by atoms with van der Waals surface area (Å²) in [6.07, 6.45) is 0. The molecule has 0 aliphatic rings. The molecule has 0 radical (unpaired) electrons. The zero-order valence-electron chi connectivity index (χ0n) is 12.1. The number of anilines is 3. The highest BCUT2D eigenvalue weighted by molar-refractivity contribution is 5.65. The fraction of sp³-hybridized carbons (Fsp3) is 0.294. The average Bonchev–Trinajstić information content (AvgIpc) is 2.39. The van der Waals surface area contributed by atoms with Gasteiger partial charge in [0.05, 0.1) is 0 Å². The minimum atomic E-state index is 0.518. The second kappa shape index (κ2) is 5.79. The van der Waals surface area contributed by atoms with Crippen LogP contribution in [-0.4, -0.2) is 14.1 Å². The molecule has 0 bridgehead atoms. The van der Waals surface area contributed by atoms with E-state index in [1.807, 2.05) is 0 Å². The van der Waals surface area contributed by atoms with Crippen molar-refractivity contribution in [2.75, 3.05) is 24.3 Å². The van der Waals surface area contributed by atoms with Crippen molar-refractivity contribution in [2.45, 2.75) is 19.8 Å². The molecule has 100 valence electrons. The van der Waals surface area contributed by atoms with Crippen LogP contribution in [0.15, 0.2) is 48.5 Å². The molecule has 0 heterocycles. The third kappa shape index (κ3) is 3.28. The Balaban J connectivity index is 2.21. The Morgan fingerprint density at radius 2 is 1.53 bits per heavy atom. The maximum Gasteiger partial charge on any atom is 0.0419 e. The van der Waals surface area contributed by atoms with Gasteiger partial charge in [-0.25, -0.2) is 0 Å². The molecule has 0 unspecified atom stereocenters. The fourth-order valence-corrected chi connectivity index (χ4v) is 2.11. The Bertz CT molecular complexity index is 527. The van der Waals surface area contributed by atoms with Crippen LogP contribution in [-0.2, 0) is 0 Å². The van der Waals surface area contributed by atoms with Crippen molar-refractivity contribution in [1.29, 1.82) is 0 Å². The lowest BCUT2D eigenvalue weighted by molar-refractivity contribution is 0.869. The summed E-state index contributed by atoms with van der Waals surface area (Å²) in [5.74, 6) is 0.518. The van der Waals surface area contributed by atoms with Gasteiger partial charge in [-0.3, -0.25) is 0 Å². The van der Waals surface area contributed by atoms with E-state index in [-0.39, 0.29) is 0 Å². The van der Waals surface area contributed by atoms with Gasteiger partial charge in [0, 0.05) is 31.2 Å². The Hall–Kier alpha value is -1.96. The molecule has 0 aromatic heterocycles. The maximum atomic E-state index is 3.50. The number of benzene rings is 2. The van der Waals surface area contributed by atoms with E-state index in [0.717, 1.165) is 5.69 Å². The van der Waals surface area contributed by atoms with Crippen molar-refractivity contribution in [3.05, 3.63) is 54.1 Å². The third-order valence-corrected chi connectivity index (χ3v) is 3.25. The lowest BCUT2D eigenvalue weighted by Gasteiger charge is -2.16. The first-order valence-electron chi connectivity index (χ1n) is 6.71. The number of nitrogens with one attached hydrogen (secondary N) is 1. The van der Waals surface area contributed by atoms with Crippen LogP contribution >= 0.6 is 0 Å². The molecule has 2 aromatic rings. The summed E-state index contributed by atoms with van der Waals surface area (Å²) in [6, 6.07) is 17.0. The Labute approximate surface area is 116 Å². The van der Waals surface area contributed by atoms with E-state index in [2.05, 4.69) is 86.7 Å². The number of hydrogen-bond acceptors (Lipinski definition) is 2. The van der Waals surface area contributed by atoms with Gasteiger partial charge in [0.25, 0.3) is 0 Å². The van der Waals surface area contributed by atoms with Crippen molar-refractivity contribution in [1.82, 2.24) is 0 Å². The van der Waals surface area contributed by atoms with Crippen molar-refractivity contribution >= 4 is 17.1 Å². The lowest BCUT2D eigenvalue weighted by Crippen LogP contribution is -2.08. The van der Waals surface area contributed by atoms with Crippen LogP contribution in [0, 0.1) is 0 Å². The van der Waals surface area contributed by atoms with Gasteiger partial charge in [0.15, 0.2) is 0 Å². The van der Waals surface area contributed by atoms with Crippen LogP contribution in [0.4, 0.5) is 17.1 Å². The van der Waals surface area contributed by atoms with Crippen LogP contribution < -0.4 is 10.2 Å². The summed E-state index contributed by atoms with van der Waals surface area (Å²) in [4.78, 5) is 2.10. The number of rotatable bonds is 4. The van der Waals surface area contributed by atoms with Gasteiger partial charge in [-0.2, -0.15) is 0 Å². The molecule has 0 fully saturated rings. The maximum absolute atomic E-state index is 3.50. The largest absolute Gasteiger partial charge is 0.378 e. The molecule has 0 saturated carbocycles. The molecule has 19 heavy (non-hydrogen) atoms. The van der Waals surface area contributed by atoms with E-state index in [1.165, 1.54) is 16.9 Å². The average molecular weight is 254 g/mol. The minimum absolute atomic E-state index is 0.518. The van der Waals surface area contributed by atoms with Gasteiger partial charge >= 0.3 is 0 Å². The van der Waals surface area contributed by atoms with Gasteiger partial charge in [0.1, 0.15) is 0 Å². The number of para-hydroxylation sites is 1. The van der Waals surface area contributed by atoms with Gasteiger partial charge in [-0.1, -0.05) is 32.0 Å². The SMILES string of the molecule is CC(C)c1ccccc1Nc1ccc(N(C)C)cc1. The summed E-state index contributed by atoms with van der Waals surface area (Å²) in [6.45, 7) is 4.44. The summed E-state index contributed by atoms with van der Waals surface area (Å²) < 4.78 is 0. The van der Waals surface area contributed by atoms with Crippen molar-refractivity contribution in [2.24, 2.45) is 0 Å². The third-order valence-electron chi connectivity index (χ3n) is 3.25. The first kappa shape index (κ1) is 13.5. The van der Waals surface area contributed by atoms with Gasteiger partial charge in [0.2, 0.25) is 0 Å². The number of hydrogen-bond donors (Lipinski definition) is 1. The molecular weight excluding hydrogens is 232 g/mol. The van der Waals surface area contributed by atoms with E-state index in [1.54, 1.807) is 0 Å². The van der Waals surface area contributed by atoms with E-state index < -0.39 is 0 Å². The summed E-state index contributed by atoms with van der Waals surface area (Å²) >= 11 is 0. The smallest absolute Gasteiger partial charge is 0.0419 e. The highest BCUT2D eigenvalue weighted by Crippen LogP contribution is 2.27. The first-order valence-corrected chi connectivity index (χ1v) is 6.71. The monoisotopic (exact) mass is 254 g/mol. The summed E-state index contributed by atoms with van der Waals surface area (Å²) in [7, 11) is 4.10. The van der Waals surface area contributed by atoms with Gasteiger partial charge in [-0.15, -0.1) is 0 Å². The first-order chi connectivity index (χ1) is 9.08. The molecule has 0 saturated heterocycles. The zero-order valence-corrected chi connectivity index (χ0v) is 12.1. The molecule has 0 amide bonds. The molecule has 2 heteroatoms. The predicted molar refractivity (Wildman–Crippen MR) is 84.6 cm³/mol. The molecular formula is C17H22N2. The van der Waals surface area contributed by atoms with Crippen molar-refractivity contribution in [3.8, 4) is 0 Å². The molecule has 2 rings (SSSR count). The highest BCUT2D eigenvalue weighted by Gasteiger charge is 2.05. The molecule has 0 aliphatic heterocycles. The van der Waals surface area contributed by atoms with Crippen molar-refractivity contribution in [3.63, 3.8) is 0 Å². The standard InChI is InChI=1S/C17H22N2/c1-13(2)16-7-5-6-8-17(16)18-14-9-11-15(12-10-14)19(3)4/h5-13,18H,1-4H3. The van der Waals surface area contributed by atoms with Gasteiger partial charge < -0.3 is 10.2 Å². The van der Waals surface area contributed by atoms with Gasteiger partial charge in [-0.05, 0) is 41.8 Å². The number of nitrogens with zero attached hydrogens (tertiary/aromatic N) is 1. The second-order valence-corrected chi connectivity index (χ2v) is 5.31. The molecule has 2 nitrogen and oxygen atoms in total. The zero-order chi connectivity index (χ0) is 13.8. The molecule has 0 atom stereocenters. The lowest BCUT2D eigenvalue weighted by atomic mass is 10.0. The second-order valence-electron chi connectivity index (χ2n) is 5.31. The van der Waals surface area contributed by atoms with Crippen LogP contribution in [0.5, 0.6) is 0 Å². The van der Waals surface area contributed by atoms with E-state index >= 15 is 0 Å². The normalized spacial score (nSPS) is 10.6. The molecule has 1 N–H and O–H groups in total. The molecule has 2 aromatic carbocycles. The molecule has 0 spiro atoms. The van der Waals surface area contributed by atoms with Crippen molar-refractivity contribution < 1.29 is 0 Å². The summed E-state index contributed by atoms with van der Waals surface area (Å²) in [5.41, 5.74) is 4.87. The fourth-order valence-electron chi connectivity index (χ4n) is 2.11. The topological polar surface area (TPSA) is 15.3 Å². The Morgan fingerprint density at radius 1 is 0.895 bits per heavy atom. The van der Waals surface area contributed by atoms with E-state index in [0.29, 0.717) is 5.92 Å². The Kier molecular flexibility index (Phi) is 4.10. The Morgan fingerprint density at radius 3 is 2.11 bits per heavy atom. The minimum Gasteiger partial charge on any atom is -0.378 e.